The predicted molar refractivity (Wildman–Crippen MR) is 72.7 cm³/mol. The van der Waals surface area contributed by atoms with Crippen molar-refractivity contribution in [1.29, 1.82) is 0 Å². The first kappa shape index (κ1) is 13.3. The average Bonchev–Trinajstić information content (AvgIpc) is 2.78. The maximum Gasteiger partial charge on any atom is 0.220 e. The van der Waals surface area contributed by atoms with Gasteiger partial charge in [0, 0.05) is 24.4 Å². The normalized spacial score (nSPS) is 18.1. The lowest BCUT2D eigenvalue weighted by Gasteiger charge is -2.29. The standard InChI is InChI=1S/C12H20N4OS/c1-12(2,3)10-14-15-11(18-10)16-6-4-8(5-7-16)9(13)17/h8H,4-7H2,1-3H3,(H2,13,17). The van der Waals surface area contributed by atoms with E-state index in [1.54, 1.807) is 11.3 Å². The van der Waals surface area contributed by atoms with Gasteiger partial charge in [0.05, 0.1) is 0 Å². The zero-order valence-electron chi connectivity index (χ0n) is 11.1. The molecule has 2 rings (SSSR count). The zero-order valence-corrected chi connectivity index (χ0v) is 12.0. The summed E-state index contributed by atoms with van der Waals surface area (Å²) < 4.78 is 0. The molecule has 0 unspecified atom stereocenters. The molecular weight excluding hydrogens is 248 g/mol. The summed E-state index contributed by atoms with van der Waals surface area (Å²) in [5, 5.41) is 10.5. The van der Waals surface area contributed by atoms with Gasteiger partial charge < -0.3 is 10.6 Å². The van der Waals surface area contributed by atoms with Crippen molar-refractivity contribution in [3.8, 4) is 0 Å². The Morgan fingerprint density at radius 3 is 2.39 bits per heavy atom. The highest BCUT2D eigenvalue weighted by atomic mass is 32.1. The topological polar surface area (TPSA) is 72.1 Å². The minimum Gasteiger partial charge on any atom is -0.369 e. The van der Waals surface area contributed by atoms with Gasteiger partial charge in [0.1, 0.15) is 5.01 Å². The molecule has 0 spiro atoms. The number of nitrogens with zero attached hydrogens (tertiary/aromatic N) is 3. The second-order valence-corrected chi connectivity index (χ2v) is 6.76. The molecule has 0 aliphatic carbocycles. The number of hydrogen-bond acceptors (Lipinski definition) is 5. The number of piperidine rings is 1. The van der Waals surface area contributed by atoms with Crippen molar-refractivity contribution < 1.29 is 4.79 Å². The third kappa shape index (κ3) is 2.80. The molecule has 1 aromatic rings. The smallest absolute Gasteiger partial charge is 0.220 e. The fourth-order valence-electron chi connectivity index (χ4n) is 2.00. The van der Waals surface area contributed by atoms with E-state index in [0.717, 1.165) is 36.1 Å². The lowest BCUT2D eigenvalue weighted by Crippen LogP contribution is -2.38. The van der Waals surface area contributed by atoms with Crippen molar-refractivity contribution in [2.45, 2.75) is 39.0 Å². The van der Waals surface area contributed by atoms with Crippen LogP contribution < -0.4 is 10.6 Å². The number of nitrogens with two attached hydrogens (primary N) is 1. The summed E-state index contributed by atoms with van der Waals surface area (Å²) in [5.41, 5.74) is 5.37. The van der Waals surface area contributed by atoms with Crippen LogP contribution in [0.3, 0.4) is 0 Å². The summed E-state index contributed by atoms with van der Waals surface area (Å²) in [6.07, 6.45) is 1.64. The maximum absolute atomic E-state index is 11.1. The molecule has 5 nitrogen and oxygen atoms in total. The van der Waals surface area contributed by atoms with Crippen LogP contribution in [0.2, 0.25) is 0 Å². The first-order chi connectivity index (χ1) is 8.38. The molecule has 100 valence electrons. The van der Waals surface area contributed by atoms with Crippen molar-refractivity contribution in [2.75, 3.05) is 18.0 Å². The summed E-state index contributed by atoms with van der Waals surface area (Å²) in [5.74, 6) is -0.154. The Morgan fingerprint density at radius 1 is 1.33 bits per heavy atom. The molecule has 1 saturated heterocycles. The van der Waals surface area contributed by atoms with E-state index >= 15 is 0 Å². The van der Waals surface area contributed by atoms with E-state index in [-0.39, 0.29) is 17.2 Å². The summed E-state index contributed by atoms with van der Waals surface area (Å²) in [4.78, 5) is 13.3. The zero-order chi connectivity index (χ0) is 13.3. The van der Waals surface area contributed by atoms with Gasteiger partial charge in [-0.2, -0.15) is 0 Å². The Kier molecular flexibility index (Phi) is 3.56. The number of aromatic nitrogens is 2. The summed E-state index contributed by atoms with van der Waals surface area (Å²) in [6, 6.07) is 0. The van der Waals surface area contributed by atoms with Crippen molar-refractivity contribution in [2.24, 2.45) is 11.7 Å². The highest BCUT2D eigenvalue weighted by Gasteiger charge is 2.26. The van der Waals surface area contributed by atoms with Crippen LogP contribution in [0.15, 0.2) is 0 Å². The fraction of sp³-hybridized carbons (Fsp3) is 0.750. The molecule has 0 atom stereocenters. The molecule has 1 amide bonds. The van der Waals surface area contributed by atoms with Gasteiger partial charge in [0.15, 0.2) is 0 Å². The second kappa shape index (κ2) is 4.84. The quantitative estimate of drug-likeness (QED) is 0.883. The lowest BCUT2D eigenvalue weighted by molar-refractivity contribution is -0.122. The predicted octanol–water partition coefficient (Wildman–Crippen LogP) is 1.54. The van der Waals surface area contributed by atoms with E-state index in [2.05, 4.69) is 35.9 Å². The van der Waals surface area contributed by atoms with E-state index in [4.69, 9.17) is 5.73 Å². The molecule has 0 radical (unpaired) electrons. The first-order valence-corrected chi connectivity index (χ1v) is 7.08. The van der Waals surface area contributed by atoms with Crippen LogP contribution in [0.4, 0.5) is 5.13 Å². The Hall–Kier alpha value is -1.17. The van der Waals surface area contributed by atoms with Gasteiger partial charge in [-0.1, -0.05) is 32.1 Å². The van der Waals surface area contributed by atoms with Crippen molar-refractivity contribution >= 4 is 22.4 Å². The van der Waals surface area contributed by atoms with Crippen molar-refractivity contribution in [3.63, 3.8) is 0 Å². The molecule has 1 aromatic heterocycles. The van der Waals surface area contributed by atoms with E-state index in [9.17, 15) is 4.79 Å². The summed E-state index contributed by atoms with van der Waals surface area (Å²) >= 11 is 1.64. The summed E-state index contributed by atoms with van der Waals surface area (Å²) in [7, 11) is 0. The largest absolute Gasteiger partial charge is 0.369 e. The van der Waals surface area contributed by atoms with Crippen molar-refractivity contribution in [3.05, 3.63) is 5.01 Å². The Morgan fingerprint density at radius 2 is 1.94 bits per heavy atom. The van der Waals surface area contributed by atoms with Crippen LogP contribution >= 0.6 is 11.3 Å². The lowest BCUT2D eigenvalue weighted by atomic mass is 9.97. The molecule has 6 heteroatoms. The van der Waals surface area contributed by atoms with Crippen molar-refractivity contribution in [1.82, 2.24) is 10.2 Å². The molecule has 1 fully saturated rings. The highest BCUT2D eigenvalue weighted by molar-refractivity contribution is 7.15. The second-order valence-electron chi connectivity index (χ2n) is 5.80. The summed E-state index contributed by atoms with van der Waals surface area (Å²) in [6.45, 7) is 8.09. The van der Waals surface area contributed by atoms with E-state index in [0.29, 0.717) is 0 Å². The average molecular weight is 268 g/mol. The number of carbonyl (C=O) groups excluding carboxylic acids is 1. The van der Waals surface area contributed by atoms with Crippen LogP contribution in [-0.4, -0.2) is 29.2 Å². The third-order valence-electron chi connectivity index (χ3n) is 3.22. The van der Waals surface area contributed by atoms with E-state index in [1.165, 1.54) is 0 Å². The number of hydrogen-bond donors (Lipinski definition) is 1. The maximum atomic E-state index is 11.1. The molecule has 1 aliphatic rings. The van der Waals surface area contributed by atoms with Gasteiger partial charge in [-0.15, -0.1) is 10.2 Å². The van der Waals surface area contributed by atoms with Crippen LogP contribution in [0.25, 0.3) is 0 Å². The third-order valence-corrected chi connectivity index (χ3v) is 4.63. The minimum atomic E-state index is -0.178. The molecular formula is C12H20N4OS. The minimum absolute atomic E-state index is 0.0243. The molecule has 0 aromatic carbocycles. The van der Waals surface area contributed by atoms with Crippen LogP contribution in [0, 0.1) is 5.92 Å². The first-order valence-electron chi connectivity index (χ1n) is 6.26. The van der Waals surface area contributed by atoms with Crippen LogP contribution in [0.1, 0.15) is 38.6 Å². The van der Waals surface area contributed by atoms with Crippen LogP contribution in [0.5, 0.6) is 0 Å². The van der Waals surface area contributed by atoms with Gasteiger partial charge >= 0.3 is 0 Å². The fourth-order valence-corrected chi connectivity index (χ4v) is 2.96. The van der Waals surface area contributed by atoms with Gasteiger partial charge in [-0.3, -0.25) is 4.79 Å². The number of carbonyl (C=O) groups is 1. The van der Waals surface area contributed by atoms with E-state index in [1.807, 2.05) is 0 Å². The SMILES string of the molecule is CC(C)(C)c1nnc(N2CCC(C(N)=O)CC2)s1. The number of rotatable bonds is 2. The molecule has 18 heavy (non-hydrogen) atoms. The molecule has 2 heterocycles. The number of amides is 1. The molecule has 0 bridgehead atoms. The Labute approximate surface area is 111 Å². The number of primary amides is 1. The van der Waals surface area contributed by atoms with Gasteiger partial charge in [0.2, 0.25) is 11.0 Å². The van der Waals surface area contributed by atoms with Gasteiger partial charge in [0.25, 0.3) is 0 Å². The van der Waals surface area contributed by atoms with E-state index < -0.39 is 0 Å². The van der Waals surface area contributed by atoms with Gasteiger partial charge in [-0.05, 0) is 12.8 Å². The Balaban J connectivity index is 2.02. The molecule has 1 aliphatic heterocycles. The van der Waals surface area contributed by atoms with Crippen LogP contribution in [-0.2, 0) is 10.2 Å². The Bertz CT molecular complexity index is 430. The monoisotopic (exact) mass is 268 g/mol. The molecule has 0 saturated carbocycles. The van der Waals surface area contributed by atoms with Gasteiger partial charge in [-0.25, -0.2) is 0 Å². The molecule has 2 N–H and O–H groups in total. The highest BCUT2D eigenvalue weighted by Crippen LogP contribution is 2.31. The number of anilines is 1.